The maximum absolute atomic E-state index is 9.23. The maximum Gasteiger partial charge on any atom is 0.0705 e. The van der Waals surface area contributed by atoms with E-state index in [-0.39, 0.29) is 6.61 Å². The van der Waals surface area contributed by atoms with Crippen LogP contribution >= 0.6 is 15.9 Å². The zero-order chi connectivity index (χ0) is 10.3. The molecule has 2 N–H and O–H groups in total. The minimum absolute atomic E-state index is 0.0902. The molecule has 0 bridgehead atoms. The lowest BCUT2D eigenvalue weighted by molar-refractivity contribution is 0.282. The predicted molar refractivity (Wildman–Crippen MR) is 61.4 cm³/mol. The number of fused-ring (bicyclic) bond motifs is 1. The highest BCUT2D eigenvalue weighted by Gasteiger charge is 2.10. The topological polar surface area (TPSA) is 36.0 Å². The second-order valence-corrected chi connectivity index (χ2v) is 4.34. The van der Waals surface area contributed by atoms with Gasteiger partial charge in [0, 0.05) is 21.1 Å². The van der Waals surface area contributed by atoms with Crippen molar-refractivity contribution in [2.45, 2.75) is 20.5 Å². The SMILES string of the molecule is Cc1[nH]c2c(C)c(Br)ccc2c1CO. The molecule has 0 unspecified atom stereocenters. The summed E-state index contributed by atoms with van der Waals surface area (Å²) in [6.07, 6.45) is 0. The van der Waals surface area contributed by atoms with Gasteiger partial charge in [0.1, 0.15) is 0 Å². The zero-order valence-corrected chi connectivity index (χ0v) is 9.77. The summed E-state index contributed by atoms with van der Waals surface area (Å²) in [6.45, 7) is 4.13. The first kappa shape index (κ1) is 9.74. The van der Waals surface area contributed by atoms with Crippen LogP contribution in [0.1, 0.15) is 16.8 Å². The van der Waals surface area contributed by atoms with Gasteiger partial charge in [-0.2, -0.15) is 0 Å². The second kappa shape index (κ2) is 3.41. The van der Waals surface area contributed by atoms with E-state index in [1.54, 1.807) is 0 Å². The van der Waals surface area contributed by atoms with E-state index in [2.05, 4.69) is 27.8 Å². The monoisotopic (exact) mass is 253 g/mol. The van der Waals surface area contributed by atoms with Crippen LogP contribution in [0.4, 0.5) is 0 Å². The number of hydrogen-bond donors (Lipinski definition) is 2. The number of aromatic amines is 1. The highest BCUT2D eigenvalue weighted by Crippen LogP contribution is 2.29. The van der Waals surface area contributed by atoms with Gasteiger partial charge in [0.05, 0.1) is 12.1 Å². The lowest BCUT2D eigenvalue weighted by Crippen LogP contribution is -1.83. The summed E-state index contributed by atoms with van der Waals surface area (Å²) < 4.78 is 1.09. The standard InChI is InChI=1S/C11H12BrNO/c1-6-10(12)4-3-8-9(5-14)7(2)13-11(6)8/h3-4,13-14H,5H2,1-2H3. The van der Waals surface area contributed by atoms with Gasteiger partial charge in [-0.3, -0.25) is 0 Å². The molecule has 0 saturated heterocycles. The molecule has 0 saturated carbocycles. The van der Waals surface area contributed by atoms with Crippen LogP contribution in [0, 0.1) is 13.8 Å². The number of benzene rings is 1. The summed E-state index contributed by atoms with van der Waals surface area (Å²) in [5.41, 5.74) is 4.34. The van der Waals surface area contributed by atoms with Gasteiger partial charge in [0.15, 0.2) is 0 Å². The van der Waals surface area contributed by atoms with Crippen LogP contribution in [0.2, 0.25) is 0 Å². The molecular weight excluding hydrogens is 242 g/mol. The van der Waals surface area contributed by atoms with Gasteiger partial charge in [0.2, 0.25) is 0 Å². The minimum atomic E-state index is 0.0902. The Bertz CT molecular complexity index is 487. The Hall–Kier alpha value is -0.800. The molecule has 3 heteroatoms. The van der Waals surface area contributed by atoms with Crippen LogP contribution in [0.3, 0.4) is 0 Å². The third-order valence-electron chi connectivity index (χ3n) is 2.65. The molecular formula is C11H12BrNO. The van der Waals surface area contributed by atoms with E-state index in [0.717, 1.165) is 26.6 Å². The fraction of sp³-hybridized carbons (Fsp3) is 0.273. The molecule has 0 aliphatic carbocycles. The van der Waals surface area contributed by atoms with E-state index in [1.165, 1.54) is 5.56 Å². The lowest BCUT2D eigenvalue weighted by Gasteiger charge is -2.00. The molecule has 14 heavy (non-hydrogen) atoms. The van der Waals surface area contributed by atoms with Crippen molar-refractivity contribution in [3.05, 3.63) is 33.4 Å². The van der Waals surface area contributed by atoms with Gasteiger partial charge in [-0.15, -0.1) is 0 Å². The number of hydrogen-bond acceptors (Lipinski definition) is 1. The quantitative estimate of drug-likeness (QED) is 0.806. The molecule has 0 atom stereocenters. The third-order valence-corrected chi connectivity index (χ3v) is 3.51. The van der Waals surface area contributed by atoms with Gasteiger partial charge in [-0.05, 0) is 25.5 Å². The second-order valence-electron chi connectivity index (χ2n) is 3.48. The maximum atomic E-state index is 9.23. The summed E-state index contributed by atoms with van der Waals surface area (Å²) in [7, 11) is 0. The Labute approximate surface area is 91.1 Å². The number of aromatic nitrogens is 1. The zero-order valence-electron chi connectivity index (χ0n) is 8.19. The van der Waals surface area contributed by atoms with E-state index in [1.807, 2.05) is 19.1 Å². The molecule has 0 aliphatic rings. The third kappa shape index (κ3) is 1.28. The normalized spacial score (nSPS) is 11.1. The summed E-state index contributed by atoms with van der Waals surface area (Å²) in [5, 5.41) is 10.4. The average Bonchev–Trinajstić information content (AvgIpc) is 2.49. The Morgan fingerprint density at radius 1 is 1.36 bits per heavy atom. The largest absolute Gasteiger partial charge is 0.392 e. The number of rotatable bonds is 1. The van der Waals surface area contributed by atoms with Crippen LogP contribution in [-0.2, 0) is 6.61 Å². The molecule has 74 valence electrons. The fourth-order valence-corrected chi connectivity index (χ4v) is 2.10. The minimum Gasteiger partial charge on any atom is -0.392 e. The first-order valence-electron chi connectivity index (χ1n) is 4.52. The number of H-pyrrole nitrogens is 1. The van der Waals surface area contributed by atoms with E-state index in [0.29, 0.717) is 0 Å². The number of nitrogens with one attached hydrogen (secondary N) is 1. The van der Waals surface area contributed by atoms with Crippen molar-refractivity contribution >= 4 is 26.8 Å². The van der Waals surface area contributed by atoms with Gasteiger partial charge in [0.25, 0.3) is 0 Å². The predicted octanol–water partition coefficient (Wildman–Crippen LogP) is 3.04. The van der Waals surface area contributed by atoms with E-state index in [4.69, 9.17) is 0 Å². The van der Waals surface area contributed by atoms with Crippen LogP contribution in [-0.4, -0.2) is 10.1 Å². The Morgan fingerprint density at radius 2 is 2.07 bits per heavy atom. The summed E-state index contributed by atoms with van der Waals surface area (Å²) in [5.74, 6) is 0. The van der Waals surface area contributed by atoms with Crippen molar-refractivity contribution in [1.82, 2.24) is 4.98 Å². The summed E-state index contributed by atoms with van der Waals surface area (Å²) >= 11 is 3.49. The summed E-state index contributed by atoms with van der Waals surface area (Å²) in [6, 6.07) is 4.05. The van der Waals surface area contributed by atoms with Crippen LogP contribution in [0.5, 0.6) is 0 Å². The molecule has 1 aromatic carbocycles. The van der Waals surface area contributed by atoms with Crippen molar-refractivity contribution in [3.63, 3.8) is 0 Å². The highest BCUT2D eigenvalue weighted by molar-refractivity contribution is 9.10. The lowest BCUT2D eigenvalue weighted by atomic mass is 10.1. The number of halogens is 1. The molecule has 0 radical (unpaired) electrons. The van der Waals surface area contributed by atoms with Gasteiger partial charge in [-0.1, -0.05) is 22.0 Å². The average molecular weight is 254 g/mol. The molecule has 2 aromatic rings. The molecule has 0 aliphatic heterocycles. The molecule has 0 spiro atoms. The molecule has 0 fully saturated rings. The molecule has 1 aromatic heterocycles. The van der Waals surface area contributed by atoms with Gasteiger partial charge in [-0.25, -0.2) is 0 Å². The van der Waals surface area contributed by atoms with Gasteiger partial charge < -0.3 is 10.1 Å². The number of aliphatic hydroxyl groups is 1. The van der Waals surface area contributed by atoms with Crippen molar-refractivity contribution in [2.24, 2.45) is 0 Å². The number of aryl methyl sites for hydroxylation is 2. The number of aliphatic hydroxyl groups excluding tert-OH is 1. The first-order valence-corrected chi connectivity index (χ1v) is 5.31. The van der Waals surface area contributed by atoms with E-state index < -0.39 is 0 Å². The molecule has 0 amide bonds. The van der Waals surface area contributed by atoms with Crippen molar-refractivity contribution < 1.29 is 5.11 Å². The smallest absolute Gasteiger partial charge is 0.0705 e. The molecule has 2 nitrogen and oxygen atoms in total. The van der Waals surface area contributed by atoms with Crippen LogP contribution in [0.15, 0.2) is 16.6 Å². The highest BCUT2D eigenvalue weighted by atomic mass is 79.9. The molecule has 1 heterocycles. The Balaban J connectivity index is 2.87. The van der Waals surface area contributed by atoms with Crippen molar-refractivity contribution in [1.29, 1.82) is 0 Å². The van der Waals surface area contributed by atoms with Crippen molar-refractivity contribution in [2.75, 3.05) is 0 Å². The van der Waals surface area contributed by atoms with E-state index in [9.17, 15) is 5.11 Å². The fourth-order valence-electron chi connectivity index (χ4n) is 1.77. The van der Waals surface area contributed by atoms with E-state index >= 15 is 0 Å². The van der Waals surface area contributed by atoms with Crippen molar-refractivity contribution in [3.8, 4) is 0 Å². The van der Waals surface area contributed by atoms with Crippen LogP contribution in [0.25, 0.3) is 10.9 Å². The first-order chi connectivity index (χ1) is 6.65. The van der Waals surface area contributed by atoms with Crippen LogP contribution < -0.4 is 0 Å². The Morgan fingerprint density at radius 3 is 2.71 bits per heavy atom. The summed E-state index contributed by atoms with van der Waals surface area (Å²) in [4.78, 5) is 3.30. The molecule has 2 rings (SSSR count). The Kier molecular flexibility index (Phi) is 2.37. The van der Waals surface area contributed by atoms with Gasteiger partial charge >= 0.3 is 0 Å².